The summed E-state index contributed by atoms with van der Waals surface area (Å²) in [6.07, 6.45) is 7.64. The molecule has 212 valence electrons. The fraction of sp³-hybridized carbons (Fsp3) is 0.364. The number of fused-ring (bicyclic) bond motifs is 3. The Hall–Kier alpha value is -3.48. The minimum absolute atomic E-state index is 0. The molecule has 0 radical (unpaired) electrons. The van der Waals surface area contributed by atoms with Crippen LogP contribution in [0.1, 0.15) is 78.9 Å². The summed E-state index contributed by atoms with van der Waals surface area (Å²) in [7, 11) is 1.75. The van der Waals surface area contributed by atoms with Crippen molar-refractivity contribution in [2.75, 3.05) is 13.7 Å². The van der Waals surface area contributed by atoms with Crippen LogP contribution in [0.3, 0.4) is 0 Å². The molecule has 7 heteroatoms. The lowest BCUT2D eigenvalue weighted by atomic mass is 9.84. The Labute approximate surface area is 242 Å². The van der Waals surface area contributed by atoms with Gasteiger partial charge in [0.2, 0.25) is 0 Å². The first-order valence-electron chi connectivity index (χ1n) is 14.1. The van der Waals surface area contributed by atoms with Crippen LogP contribution in [0.25, 0.3) is 10.9 Å². The largest absolute Gasteiger partial charge is 1.00 e. The number of carboxylic acid groups (broad SMARTS) is 1. The summed E-state index contributed by atoms with van der Waals surface area (Å²) in [6.45, 7) is 2.68. The van der Waals surface area contributed by atoms with Gasteiger partial charge < -0.3 is 37.3 Å². The van der Waals surface area contributed by atoms with Crippen molar-refractivity contribution >= 4 is 16.9 Å². The standard InChI is InChI=1S/C31H34N2O2.C2H4O2.ClH/c1-34-28-16-15-22(30-31-26(17-18-32-30)25-12-5-7-13-27(25)33-31)19-23(28)20-35-29-14-8-6-11-24(29)21-9-3-2-4-10-21;1-2(3)4;/h5-8,11-16,19,21,30,32-33H,2-4,9-10,17-18,20H2,1H3;1H3,(H,3,4);1H. The molecule has 4 N–H and O–H groups in total. The molecule has 1 saturated carbocycles. The highest BCUT2D eigenvalue weighted by molar-refractivity contribution is 5.85. The number of aromatic nitrogens is 1. The van der Waals surface area contributed by atoms with Gasteiger partial charge in [0.15, 0.2) is 6.04 Å². The summed E-state index contributed by atoms with van der Waals surface area (Å²) in [6, 6.07) is 24.1. The van der Waals surface area contributed by atoms with E-state index in [4.69, 9.17) is 19.4 Å². The number of hydrogen-bond donors (Lipinski definition) is 3. The summed E-state index contributed by atoms with van der Waals surface area (Å²) in [4.78, 5) is 12.7. The van der Waals surface area contributed by atoms with Crippen molar-refractivity contribution in [1.82, 2.24) is 4.98 Å². The van der Waals surface area contributed by atoms with E-state index in [0.717, 1.165) is 37.0 Å². The maximum Gasteiger partial charge on any atom is 0.300 e. The average molecular weight is 563 g/mol. The topological polar surface area (TPSA) is 88.2 Å². The second-order valence-corrected chi connectivity index (χ2v) is 10.6. The molecule has 40 heavy (non-hydrogen) atoms. The van der Waals surface area contributed by atoms with Crippen LogP contribution < -0.4 is 27.2 Å². The Balaban J connectivity index is 0.000000695. The van der Waals surface area contributed by atoms with E-state index in [0.29, 0.717) is 12.5 Å². The van der Waals surface area contributed by atoms with Crippen LogP contribution in [-0.2, 0) is 17.8 Å². The maximum atomic E-state index is 9.00. The Kier molecular flexibility index (Phi) is 10.1. The van der Waals surface area contributed by atoms with Gasteiger partial charge in [-0.3, -0.25) is 4.79 Å². The molecule has 0 amide bonds. The summed E-state index contributed by atoms with van der Waals surface area (Å²) in [5.74, 6) is 1.69. The first-order valence-corrected chi connectivity index (χ1v) is 14.1. The number of quaternary nitrogens is 1. The number of halogens is 1. The van der Waals surface area contributed by atoms with Gasteiger partial charge >= 0.3 is 0 Å². The van der Waals surface area contributed by atoms with E-state index in [1.54, 1.807) is 7.11 Å². The number of aliphatic carboxylic acids is 1. The summed E-state index contributed by atoms with van der Waals surface area (Å²) >= 11 is 0. The molecule has 1 unspecified atom stereocenters. The molecule has 6 nitrogen and oxygen atoms in total. The SMILES string of the molecule is CC(=O)O.COc1ccc(C2[NH2+]CCc3c2[nH]c2ccccc32)cc1COc1ccccc1C1CCCCC1.[Cl-]. The van der Waals surface area contributed by atoms with Crippen LogP contribution >= 0.6 is 0 Å². The third-order valence-electron chi connectivity index (χ3n) is 7.97. The quantitative estimate of drug-likeness (QED) is 0.337. The Bertz CT molecular complexity index is 1420. The zero-order valence-corrected chi connectivity index (χ0v) is 24.0. The van der Waals surface area contributed by atoms with E-state index in [2.05, 4.69) is 77.0 Å². The molecule has 0 spiro atoms. The van der Waals surface area contributed by atoms with Crippen molar-refractivity contribution < 1.29 is 37.1 Å². The van der Waals surface area contributed by atoms with Crippen molar-refractivity contribution in [2.45, 2.75) is 64.0 Å². The number of aromatic amines is 1. The highest BCUT2D eigenvalue weighted by Gasteiger charge is 2.29. The second kappa shape index (κ2) is 13.7. The Morgan fingerprint density at radius 2 is 1.73 bits per heavy atom. The molecule has 1 fully saturated rings. The number of para-hydroxylation sites is 2. The van der Waals surface area contributed by atoms with Crippen LogP contribution in [-0.4, -0.2) is 29.7 Å². The summed E-state index contributed by atoms with van der Waals surface area (Å²) in [5.41, 5.74) is 7.78. The molecule has 1 atom stereocenters. The third kappa shape index (κ3) is 6.62. The Morgan fingerprint density at radius 1 is 1.00 bits per heavy atom. The fourth-order valence-electron chi connectivity index (χ4n) is 6.19. The van der Waals surface area contributed by atoms with E-state index < -0.39 is 5.97 Å². The number of hydrogen-bond acceptors (Lipinski definition) is 3. The van der Waals surface area contributed by atoms with Gasteiger partial charge in [0.1, 0.15) is 18.1 Å². The van der Waals surface area contributed by atoms with Gasteiger partial charge in [-0.15, -0.1) is 0 Å². The highest BCUT2D eigenvalue weighted by atomic mass is 35.5. The van der Waals surface area contributed by atoms with E-state index in [1.807, 2.05) is 0 Å². The zero-order chi connectivity index (χ0) is 27.2. The number of nitrogens with one attached hydrogen (secondary N) is 1. The maximum absolute atomic E-state index is 9.00. The number of H-pyrrole nitrogens is 1. The zero-order valence-electron chi connectivity index (χ0n) is 23.3. The minimum atomic E-state index is -0.833. The number of methoxy groups -OCH3 is 1. The number of benzene rings is 3. The number of ether oxygens (including phenoxy) is 2. The van der Waals surface area contributed by atoms with Crippen molar-refractivity contribution in [3.63, 3.8) is 0 Å². The molecule has 2 aliphatic rings. The van der Waals surface area contributed by atoms with Gasteiger partial charge in [-0.25, -0.2) is 0 Å². The lowest BCUT2D eigenvalue weighted by molar-refractivity contribution is -0.690. The van der Waals surface area contributed by atoms with Gasteiger partial charge in [0, 0.05) is 35.4 Å². The molecule has 2 heterocycles. The fourth-order valence-corrected chi connectivity index (χ4v) is 6.19. The smallest absolute Gasteiger partial charge is 0.300 e. The van der Waals surface area contributed by atoms with Crippen LogP contribution in [0.5, 0.6) is 11.5 Å². The average Bonchev–Trinajstić information content (AvgIpc) is 3.35. The molecule has 3 aromatic carbocycles. The van der Waals surface area contributed by atoms with Crippen molar-refractivity contribution in [2.24, 2.45) is 0 Å². The first kappa shape index (κ1) is 29.5. The lowest BCUT2D eigenvalue weighted by Crippen LogP contribution is -3.00. The lowest BCUT2D eigenvalue weighted by Gasteiger charge is -2.25. The van der Waals surface area contributed by atoms with Crippen molar-refractivity contribution in [1.29, 1.82) is 0 Å². The van der Waals surface area contributed by atoms with Crippen LogP contribution in [0.4, 0.5) is 0 Å². The molecule has 1 aromatic heterocycles. The first-order chi connectivity index (χ1) is 19.0. The number of carboxylic acids is 1. The molecule has 1 aliphatic heterocycles. The van der Waals surface area contributed by atoms with Gasteiger partial charge in [0.25, 0.3) is 5.97 Å². The van der Waals surface area contributed by atoms with Gasteiger partial charge in [-0.2, -0.15) is 0 Å². The minimum Gasteiger partial charge on any atom is -1.00 e. The predicted molar refractivity (Wildman–Crippen MR) is 154 cm³/mol. The van der Waals surface area contributed by atoms with Crippen molar-refractivity contribution in [3.8, 4) is 11.5 Å². The molecule has 4 aromatic rings. The molecule has 1 aliphatic carbocycles. The highest BCUT2D eigenvalue weighted by Crippen LogP contribution is 2.38. The van der Waals surface area contributed by atoms with Crippen LogP contribution in [0, 0.1) is 0 Å². The number of carbonyl (C=O) groups is 1. The monoisotopic (exact) mass is 562 g/mol. The van der Waals surface area contributed by atoms with E-state index in [1.165, 1.54) is 65.4 Å². The van der Waals surface area contributed by atoms with Crippen LogP contribution in [0.15, 0.2) is 66.7 Å². The molecule has 6 rings (SSSR count). The van der Waals surface area contributed by atoms with Crippen LogP contribution in [0.2, 0.25) is 0 Å². The van der Waals surface area contributed by atoms with E-state index in [9.17, 15) is 0 Å². The number of nitrogens with two attached hydrogens (primary N) is 1. The second-order valence-electron chi connectivity index (χ2n) is 10.6. The predicted octanol–water partition coefficient (Wildman–Crippen LogP) is 3.11. The van der Waals surface area contributed by atoms with Gasteiger partial charge in [-0.1, -0.05) is 55.7 Å². The van der Waals surface area contributed by atoms with Crippen molar-refractivity contribution in [3.05, 3.63) is 94.7 Å². The van der Waals surface area contributed by atoms with E-state index in [-0.39, 0.29) is 18.4 Å². The summed E-state index contributed by atoms with van der Waals surface area (Å²) in [5, 5.41) is 11.2. The normalized spacial score (nSPS) is 16.7. The Morgan fingerprint density at radius 3 is 2.50 bits per heavy atom. The van der Waals surface area contributed by atoms with E-state index >= 15 is 0 Å². The molecule has 0 bridgehead atoms. The molecular formula is C33H39ClN2O4. The van der Waals surface area contributed by atoms with Gasteiger partial charge in [0.05, 0.1) is 19.3 Å². The molecule has 0 saturated heterocycles. The third-order valence-corrected chi connectivity index (χ3v) is 7.97. The molecular weight excluding hydrogens is 524 g/mol. The van der Waals surface area contributed by atoms with Gasteiger partial charge in [-0.05, 0) is 60.2 Å². The number of rotatable bonds is 6. The summed E-state index contributed by atoms with van der Waals surface area (Å²) < 4.78 is 12.2.